The lowest BCUT2D eigenvalue weighted by Gasteiger charge is -2.58. The van der Waals surface area contributed by atoms with Crippen LogP contribution in [0.3, 0.4) is 0 Å². The van der Waals surface area contributed by atoms with Crippen LogP contribution in [-0.4, -0.2) is 43.9 Å². The maximum Gasteiger partial charge on any atom is 0.349 e. The van der Waals surface area contributed by atoms with Gasteiger partial charge in [-0.1, -0.05) is 76.2 Å². The topological polar surface area (TPSA) is 86.7 Å². The molecular weight excluding hydrogens is 460 g/mol. The van der Waals surface area contributed by atoms with Crippen LogP contribution in [0, 0.1) is 29.6 Å². The molecule has 0 radical (unpaired) electrons. The van der Waals surface area contributed by atoms with Crippen molar-refractivity contribution in [3.63, 3.8) is 0 Å². The summed E-state index contributed by atoms with van der Waals surface area (Å²) in [5.74, 6) is -3.16. The Labute approximate surface area is 214 Å². The molecule has 1 rings (SSSR count). The number of hydrogen-bond acceptors (Lipinski definition) is 6. The van der Waals surface area contributed by atoms with Crippen molar-refractivity contribution in [3.05, 3.63) is 0 Å². The lowest BCUT2D eigenvalue weighted by molar-refractivity contribution is -0.148. The van der Waals surface area contributed by atoms with Gasteiger partial charge in [0.05, 0.1) is 24.0 Å². The predicted octanol–water partition coefficient (Wildman–Crippen LogP) is 6.09. The molecule has 0 spiro atoms. The highest BCUT2D eigenvalue weighted by Crippen LogP contribution is 2.57. The molecule has 0 N–H and O–H groups in total. The standard InChI is InChI=1S/C28H50O6Si/c1-14-21(29)16(3)23(31)18(5)25-20(7)26(19(6)24(32)17(4)22(30)15-2)34-35(33-25,27(8,9)10)28(11,12)13/h16-20,25-26H,14-15H2,1-13H3/t16?,17?,18-,19+,20?,25-,26-/m0/s1. The Morgan fingerprint density at radius 2 is 0.971 bits per heavy atom. The summed E-state index contributed by atoms with van der Waals surface area (Å²) in [6.07, 6.45) is -0.370. The molecule has 0 aromatic carbocycles. The average Bonchev–Trinajstić information content (AvgIpc) is 2.78. The number of ketones is 4. The maximum atomic E-state index is 13.4. The highest BCUT2D eigenvalue weighted by atomic mass is 28.4. The molecule has 1 fully saturated rings. The normalized spacial score (nSPS) is 26.4. The summed E-state index contributed by atoms with van der Waals surface area (Å²) in [6.45, 7) is 25.1. The molecule has 0 aromatic rings. The lowest BCUT2D eigenvalue weighted by Crippen LogP contribution is -2.68. The molecule has 7 heteroatoms. The van der Waals surface area contributed by atoms with Crippen molar-refractivity contribution >= 4 is 31.7 Å². The summed E-state index contributed by atoms with van der Waals surface area (Å²) in [5.41, 5.74) is 0. The molecule has 1 aliphatic rings. The second-order valence-electron chi connectivity index (χ2n) is 12.6. The SMILES string of the molecule is CCC(=O)C(C)C(=O)[C@@H](C)[C@@H]1O[Si](C(C)(C)C)(C(C)(C)C)O[C@@H]([C@@H](C)C(=O)C(C)C(=O)CC)C1C. The summed E-state index contributed by atoms with van der Waals surface area (Å²) >= 11 is 0. The Bertz CT molecular complexity index is 739. The van der Waals surface area contributed by atoms with Gasteiger partial charge in [-0.3, -0.25) is 19.2 Å². The molecule has 35 heavy (non-hydrogen) atoms. The molecule has 1 heterocycles. The Hall–Kier alpha value is -1.18. The van der Waals surface area contributed by atoms with Crippen molar-refractivity contribution in [2.75, 3.05) is 0 Å². The van der Waals surface area contributed by atoms with E-state index in [0.717, 1.165) is 0 Å². The van der Waals surface area contributed by atoms with Crippen LogP contribution < -0.4 is 0 Å². The molecule has 0 bridgehead atoms. The van der Waals surface area contributed by atoms with Gasteiger partial charge < -0.3 is 8.85 Å². The third-order valence-corrected chi connectivity index (χ3v) is 13.2. The zero-order valence-electron chi connectivity index (χ0n) is 24.4. The van der Waals surface area contributed by atoms with Gasteiger partial charge >= 0.3 is 8.56 Å². The van der Waals surface area contributed by atoms with Crippen LogP contribution in [0.4, 0.5) is 0 Å². The van der Waals surface area contributed by atoms with Gasteiger partial charge in [-0.2, -0.15) is 0 Å². The quantitative estimate of drug-likeness (QED) is 0.261. The number of carbonyl (C=O) groups excluding carboxylic acids is 4. The molecular formula is C28H50O6Si. The van der Waals surface area contributed by atoms with Crippen molar-refractivity contribution in [1.82, 2.24) is 0 Å². The van der Waals surface area contributed by atoms with Gasteiger partial charge in [0.15, 0.2) is 0 Å². The van der Waals surface area contributed by atoms with E-state index < -0.39 is 44.4 Å². The van der Waals surface area contributed by atoms with Gasteiger partial charge in [0, 0.05) is 40.7 Å². The monoisotopic (exact) mass is 510 g/mol. The van der Waals surface area contributed by atoms with Crippen molar-refractivity contribution in [3.8, 4) is 0 Å². The smallest absolute Gasteiger partial charge is 0.349 e. The first-order chi connectivity index (χ1) is 15.8. The fourth-order valence-corrected chi connectivity index (χ4v) is 11.1. The summed E-state index contributed by atoms with van der Waals surface area (Å²) in [4.78, 5) is 51.5. The highest BCUT2D eigenvalue weighted by Gasteiger charge is 2.65. The average molecular weight is 511 g/mol. The van der Waals surface area contributed by atoms with Crippen LogP contribution in [-0.2, 0) is 28.0 Å². The molecule has 3 unspecified atom stereocenters. The summed E-state index contributed by atoms with van der Waals surface area (Å²) < 4.78 is 13.9. The second kappa shape index (κ2) is 11.5. The molecule has 6 nitrogen and oxygen atoms in total. The van der Waals surface area contributed by atoms with E-state index in [1.807, 2.05) is 20.8 Å². The lowest BCUT2D eigenvalue weighted by atomic mass is 9.77. The Balaban J connectivity index is 3.62. The molecule has 0 saturated carbocycles. The van der Waals surface area contributed by atoms with E-state index >= 15 is 0 Å². The molecule has 0 aliphatic carbocycles. The van der Waals surface area contributed by atoms with Gasteiger partial charge in [-0.25, -0.2) is 0 Å². The minimum atomic E-state index is -3.09. The predicted molar refractivity (Wildman–Crippen MR) is 141 cm³/mol. The first kappa shape index (κ1) is 31.8. The van der Waals surface area contributed by atoms with Crippen molar-refractivity contribution in [2.45, 2.75) is 125 Å². The second-order valence-corrected chi connectivity index (χ2v) is 17.3. The number of Topliss-reactive ketones (excluding diaryl/α,β-unsaturated/α-hetero) is 4. The Morgan fingerprint density at radius 3 is 1.20 bits per heavy atom. The fraction of sp³-hybridized carbons (Fsp3) is 0.857. The summed E-state index contributed by atoms with van der Waals surface area (Å²) in [6, 6.07) is 0. The maximum absolute atomic E-state index is 13.4. The van der Waals surface area contributed by atoms with Gasteiger partial charge in [0.2, 0.25) is 0 Å². The summed E-state index contributed by atoms with van der Waals surface area (Å²) in [7, 11) is -3.09. The fourth-order valence-electron chi connectivity index (χ4n) is 5.80. The molecule has 7 atom stereocenters. The number of rotatable bonds is 10. The minimum Gasteiger partial charge on any atom is -0.389 e. The zero-order chi connectivity index (χ0) is 27.7. The molecule has 0 aromatic heterocycles. The van der Waals surface area contributed by atoms with Crippen molar-refractivity contribution in [1.29, 1.82) is 0 Å². The van der Waals surface area contributed by atoms with E-state index in [-0.39, 0.29) is 39.1 Å². The van der Waals surface area contributed by atoms with E-state index in [4.69, 9.17) is 8.85 Å². The van der Waals surface area contributed by atoms with E-state index in [1.54, 1.807) is 27.7 Å². The first-order valence-electron chi connectivity index (χ1n) is 13.3. The Morgan fingerprint density at radius 1 is 0.686 bits per heavy atom. The van der Waals surface area contributed by atoms with Gasteiger partial charge in [0.25, 0.3) is 0 Å². The van der Waals surface area contributed by atoms with Crippen molar-refractivity contribution < 1.29 is 28.0 Å². The summed E-state index contributed by atoms with van der Waals surface area (Å²) in [5, 5.41) is -0.716. The highest BCUT2D eigenvalue weighted by molar-refractivity contribution is 6.73. The largest absolute Gasteiger partial charge is 0.389 e. The molecule has 202 valence electrons. The third kappa shape index (κ3) is 6.21. The molecule has 1 aliphatic heterocycles. The van der Waals surface area contributed by atoms with Crippen LogP contribution in [0.2, 0.25) is 10.1 Å². The van der Waals surface area contributed by atoms with E-state index in [1.165, 1.54) is 0 Å². The van der Waals surface area contributed by atoms with Gasteiger partial charge in [0.1, 0.15) is 23.1 Å². The zero-order valence-corrected chi connectivity index (χ0v) is 25.4. The van der Waals surface area contributed by atoms with Crippen molar-refractivity contribution in [2.24, 2.45) is 29.6 Å². The van der Waals surface area contributed by atoms with Crippen LogP contribution in [0.15, 0.2) is 0 Å². The van der Waals surface area contributed by atoms with E-state index in [0.29, 0.717) is 12.8 Å². The minimum absolute atomic E-state index is 0.0799. The van der Waals surface area contributed by atoms with Gasteiger partial charge in [-0.15, -0.1) is 0 Å². The van der Waals surface area contributed by atoms with Crippen LogP contribution >= 0.6 is 0 Å². The third-order valence-electron chi connectivity index (χ3n) is 8.01. The Kier molecular flexibility index (Phi) is 10.4. The number of carbonyl (C=O) groups is 4. The van der Waals surface area contributed by atoms with Crippen LogP contribution in [0.25, 0.3) is 0 Å². The molecule has 1 saturated heterocycles. The van der Waals surface area contributed by atoms with Crippen LogP contribution in [0.1, 0.15) is 103 Å². The molecule has 0 amide bonds. The van der Waals surface area contributed by atoms with Crippen LogP contribution in [0.5, 0.6) is 0 Å². The van der Waals surface area contributed by atoms with E-state index in [9.17, 15) is 19.2 Å². The van der Waals surface area contributed by atoms with Gasteiger partial charge in [-0.05, 0) is 13.8 Å². The van der Waals surface area contributed by atoms with E-state index in [2.05, 4.69) is 41.5 Å². The first-order valence-corrected chi connectivity index (χ1v) is 15.1. The number of hydrogen-bond donors (Lipinski definition) is 0.